The van der Waals surface area contributed by atoms with E-state index in [0.29, 0.717) is 19.4 Å². The predicted octanol–water partition coefficient (Wildman–Crippen LogP) is 3.46. The number of nitrogens with zero attached hydrogens (tertiary/aromatic N) is 1. The minimum Gasteiger partial charge on any atom is -0.354 e. The first-order valence-electron chi connectivity index (χ1n) is 6.77. The molecular formula is C16H19BrN2O. The summed E-state index contributed by atoms with van der Waals surface area (Å²) in [5, 5.41) is 12.0. The Bertz CT molecular complexity index is 583. The Morgan fingerprint density at radius 1 is 1.50 bits per heavy atom. The van der Waals surface area contributed by atoms with Gasteiger partial charge in [-0.25, -0.2) is 0 Å². The van der Waals surface area contributed by atoms with Gasteiger partial charge in [-0.3, -0.25) is 4.79 Å². The highest BCUT2D eigenvalue weighted by Crippen LogP contribution is 2.45. The molecular weight excluding hydrogens is 316 g/mol. The lowest BCUT2D eigenvalue weighted by Gasteiger charge is -2.28. The van der Waals surface area contributed by atoms with Crippen molar-refractivity contribution in [3.63, 3.8) is 0 Å². The molecule has 0 radical (unpaired) electrons. The minimum atomic E-state index is -0.748. The van der Waals surface area contributed by atoms with Crippen molar-refractivity contribution in [3.05, 3.63) is 33.8 Å². The van der Waals surface area contributed by atoms with Crippen LogP contribution in [-0.4, -0.2) is 12.5 Å². The summed E-state index contributed by atoms with van der Waals surface area (Å²) in [6.45, 7) is 6.82. The summed E-state index contributed by atoms with van der Waals surface area (Å²) in [5.41, 5.74) is 1.49. The molecule has 0 aromatic heterocycles. The zero-order valence-corrected chi connectivity index (χ0v) is 13.7. The van der Waals surface area contributed by atoms with Crippen molar-refractivity contribution in [2.24, 2.45) is 5.41 Å². The number of carbonyl (C=O) groups is 1. The number of carbonyl (C=O) groups excluding carboxylic acids is 1. The molecule has 1 fully saturated rings. The Morgan fingerprint density at radius 2 is 2.15 bits per heavy atom. The summed E-state index contributed by atoms with van der Waals surface area (Å²) >= 11 is 3.49. The van der Waals surface area contributed by atoms with Crippen LogP contribution in [0.15, 0.2) is 22.7 Å². The van der Waals surface area contributed by atoms with Crippen molar-refractivity contribution in [3.8, 4) is 6.07 Å². The van der Waals surface area contributed by atoms with Crippen LogP contribution in [0.3, 0.4) is 0 Å². The second-order valence-electron chi connectivity index (χ2n) is 6.22. The quantitative estimate of drug-likeness (QED) is 0.916. The molecule has 106 valence electrons. The lowest BCUT2D eigenvalue weighted by atomic mass is 9.82. The molecule has 2 rings (SSSR count). The number of aryl methyl sites for hydroxylation is 1. The third kappa shape index (κ3) is 2.88. The van der Waals surface area contributed by atoms with Crippen LogP contribution in [0.2, 0.25) is 0 Å². The molecule has 1 aliphatic carbocycles. The maximum Gasteiger partial charge on any atom is 0.240 e. The second kappa shape index (κ2) is 5.21. The second-order valence-corrected chi connectivity index (χ2v) is 7.14. The predicted molar refractivity (Wildman–Crippen MR) is 82.2 cm³/mol. The SMILES string of the molecule is Cc1ccc(Br)cc1C(C)(C)CNC(=O)C1(C#N)CC1. The highest BCUT2D eigenvalue weighted by Gasteiger charge is 2.50. The minimum absolute atomic E-state index is 0.124. The van der Waals surface area contributed by atoms with Crippen molar-refractivity contribution in [2.75, 3.05) is 6.54 Å². The molecule has 0 bridgehead atoms. The smallest absolute Gasteiger partial charge is 0.240 e. The number of hydrogen-bond donors (Lipinski definition) is 1. The van der Waals surface area contributed by atoms with Gasteiger partial charge < -0.3 is 5.32 Å². The normalized spacial score (nSPS) is 16.4. The number of nitriles is 1. The molecule has 1 aromatic carbocycles. The van der Waals surface area contributed by atoms with Crippen molar-refractivity contribution < 1.29 is 4.79 Å². The van der Waals surface area contributed by atoms with Gasteiger partial charge in [0.15, 0.2) is 0 Å². The molecule has 1 saturated carbocycles. The highest BCUT2D eigenvalue weighted by molar-refractivity contribution is 9.10. The van der Waals surface area contributed by atoms with Crippen LogP contribution in [0.1, 0.15) is 37.8 Å². The maximum absolute atomic E-state index is 12.0. The summed E-state index contributed by atoms with van der Waals surface area (Å²) in [6.07, 6.45) is 1.37. The average molecular weight is 335 g/mol. The average Bonchev–Trinajstić information content (AvgIpc) is 3.20. The van der Waals surface area contributed by atoms with Gasteiger partial charge in [-0.1, -0.05) is 35.8 Å². The largest absolute Gasteiger partial charge is 0.354 e. The van der Waals surface area contributed by atoms with E-state index in [2.05, 4.69) is 60.2 Å². The molecule has 0 heterocycles. The van der Waals surface area contributed by atoms with E-state index in [0.717, 1.165) is 4.47 Å². The first kappa shape index (κ1) is 15.1. The third-order valence-corrected chi connectivity index (χ3v) is 4.51. The molecule has 1 aromatic rings. The van der Waals surface area contributed by atoms with E-state index >= 15 is 0 Å². The molecule has 1 N–H and O–H groups in total. The number of benzene rings is 1. The van der Waals surface area contributed by atoms with E-state index in [1.54, 1.807) is 0 Å². The van der Waals surface area contributed by atoms with Crippen LogP contribution in [0.4, 0.5) is 0 Å². The summed E-state index contributed by atoms with van der Waals surface area (Å²) in [5.74, 6) is -0.124. The van der Waals surface area contributed by atoms with Gasteiger partial charge in [-0.05, 0) is 43.0 Å². The van der Waals surface area contributed by atoms with Gasteiger partial charge in [0.2, 0.25) is 5.91 Å². The molecule has 20 heavy (non-hydrogen) atoms. The summed E-state index contributed by atoms with van der Waals surface area (Å²) < 4.78 is 1.04. The molecule has 0 unspecified atom stereocenters. The third-order valence-electron chi connectivity index (χ3n) is 4.02. The van der Waals surface area contributed by atoms with Gasteiger partial charge in [0.1, 0.15) is 5.41 Å². The molecule has 0 atom stereocenters. The van der Waals surface area contributed by atoms with Crippen molar-refractivity contribution in [2.45, 2.75) is 39.0 Å². The topological polar surface area (TPSA) is 52.9 Å². The monoisotopic (exact) mass is 334 g/mol. The Morgan fingerprint density at radius 3 is 2.70 bits per heavy atom. The van der Waals surface area contributed by atoms with Crippen molar-refractivity contribution in [1.82, 2.24) is 5.32 Å². The van der Waals surface area contributed by atoms with E-state index in [9.17, 15) is 4.79 Å². The Hall–Kier alpha value is -1.34. The number of rotatable bonds is 4. The Kier molecular flexibility index (Phi) is 3.93. The molecule has 4 heteroatoms. The van der Waals surface area contributed by atoms with Crippen LogP contribution in [-0.2, 0) is 10.2 Å². The standard InChI is InChI=1S/C16H19BrN2O/c1-11-4-5-12(17)8-13(11)15(2,3)10-19-14(20)16(9-18)6-7-16/h4-5,8H,6-7,10H2,1-3H3,(H,19,20). The number of nitrogens with one attached hydrogen (secondary N) is 1. The van der Waals surface area contributed by atoms with Gasteiger partial charge in [-0.15, -0.1) is 0 Å². The first-order valence-corrected chi connectivity index (χ1v) is 7.56. The van der Waals surface area contributed by atoms with Crippen LogP contribution >= 0.6 is 15.9 Å². The van der Waals surface area contributed by atoms with E-state index in [1.165, 1.54) is 11.1 Å². The van der Waals surface area contributed by atoms with E-state index in [1.807, 2.05) is 6.07 Å². The lowest BCUT2D eigenvalue weighted by Crippen LogP contribution is -2.40. The number of hydrogen-bond acceptors (Lipinski definition) is 2. The fraction of sp³-hybridized carbons (Fsp3) is 0.500. The van der Waals surface area contributed by atoms with Gasteiger partial charge in [0.25, 0.3) is 0 Å². The molecule has 3 nitrogen and oxygen atoms in total. The van der Waals surface area contributed by atoms with E-state index in [-0.39, 0.29) is 11.3 Å². The molecule has 0 saturated heterocycles. The van der Waals surface area contributed by atoms with E-state index < -0.39 is 5.41 Å². The van der Waals surface area contributed by atoms with Crippen LogP contribution in [0.5, 0.6) is 0 Å². The van der Waals surface area contributed by atoms with Gasteiger partial charge >= 0.3 is 0 Å². The maximum atomic E-state index is 12.0. The van der Waals surface area contributed by atoms with Crippen molar-refractivity contribution >= 4 is 21.8 Å². The molecule has 0 aliphatic heterocycles. The molecule has 1 aliphatic rings. The van der Waals surface area contributed by atoms with E-state index in [4.69, 9.17) is 5.26 Å². The van der Waals surface area contributed by atoms with Gasteiger partial charge in [-0.2, -0.15) is 5.26 Å². The lowest BCUT2D eigenvalue weighted by molar-refractivity contribution is -0.124. The Labute approximate surface area is 128 Å². The summed E-state index contributed by atoms with van der Waals surface area (Å²) in [6, 6.07) is 8.31. The first-order chi connectivity index (χ1) is 9.31. The summed E-state index contributed by atoms with van der Waals surface area (Å²) in [4.78, 5) is 12.0. The molecule has 0 spiro atoms. The highest BCUT2D eigenvalue weighted by atomic mass is 79.9. The van der Waals surface area contributed by atoms with Crippen LogP contribution in [0, 0.1) is 23.7 Å². The number of halogens is 1. The van der Waals surface area contributed by atoms with Crippen molar-refractivity contribution in [1.29, 1.82) is 5.26 Å². The van der Waals surface area contributed by atoms with Gasteiger partial charge in [0, 0.05) is 16.4 Å². The van der Waals surface area contributed by atoms with Crippen LogP contribution in [0.25, 0.3) is 0 Å². The fourth-order valence-corrected chi connectivity index (χ4v) is 2.76. The summed E-state index contributed by atoms with van der Waals surface area (Å²) in [7, 11) is 0. The van der Waals surface area contributed by atoms with Crippen LogP contribution < -0.4 is 5.32 Å². The fourth-order valence-electron chi connectivity index (χ4n) is 2.40. The Balaban J connectivity index is 2.10. The zero-order chi connectivity index (χ0) is 15.0. The zero-order valence-electron chi connectivity index (χ0n) is 12.1. The number of amides is 1. The van der Waals surface area contributed by atoms with Gasteiger partial charge in [0.05, 0.1) is 6.07 Å². The molecule has 1 amide bonds.